The molecule has 0 radical (unpaired) electrons. The molecule has 0 aromatic heterocycles. The smallest absolute Gasteiger partial charge is 0.0149 e. The third kappa shape index (κ3) is 2.19. The van der Waals surface area contributed by atoms with Crippen LogP contribution in [0.3, 0.4) is 0 Å². The number of allylic oxidation sites excluding steroid dienone is 2. The maximum atomic E-state index is 2.55. The molecule has 0 amide bonds. The van der Waals surface area contributed by atoms with Crippen molar-refractivity contribution in [2.24, 2.45) is 11.3 Å². The van der Waals surface area contributed by atoms with Crippen LogP contribution < -0.4 is 0 Å². The summed E-state index contributed by atoms with van der Waals surface area (Å²) in [5.74, 6) is 0.951. The Labute approximate surface area is 146 Å². The van der Waals surface area contributed by atoms with Crippen LogP contribution in [0.4, 0.5) is 0 Å². The van der Waals surface area contributed by atoms with Gasteiger partial charge in [-0.25, -0.2) is 0 Å². The summed E-state index contributed by atoms with van der Waals surface area (Å²) in [7, 11) is 0. The molecule has 0 heteroatoms. The van der Waals surface area contributed by atoms with Crippen LogP contribution >= 0.6 is 0 Å². The Morgan fingerprint density at radius 1 is 1.12 bits per heavy atom. The van der Waals surface area contributed by atoms with Gasteiger partial charge in [0, 0.05) is 0 Å². The lowest BCUT2D eigenvalue weighted by atomic mass is 9.64. The highest BCUT2D eigenvalue weighted by Crippen LogP contribution is 2.58. The van der Waals surface area contributed by atoms with Crippen LogP contribution in [0, 0.1) is 11.3 Å². The number of rotatable bonds is 3. The molecule has 0 nitrogen and oxygen atoms in total. The van der Waals surface area contributed by atoms with E-state index in [1.165, 1.54) is 68.6 Å². The van der Waals surface area contributed by atoms with Gasteiger partial charge in [0.05, 0.1) is 0 Å². The van der Waals surface area contributed by atoms with Gasteiger partial charge in [-0.2, -0.15) is 0 Å². The Hall–Kier alpha value is -1.56. The van der Waals surface area contributed by atoms with Crippen molar-refractivity contribution < 1.29 is 0 Å². The van der Waals surface area contributed by atoms with Crippen molar-refractivity contribution in [2.75, 3.05) is 0 Å². The summed E-state index contributed by atoms with van der Waals surface area (Å²) in [6, 6.07) is 12.0. The zero-order valence-electron chi connectivity index (χ0n) is 14.9. The first kappa shape index (κ1) is 14.8. The molecule has 2 aromatic carbocycles. The Bertz CT molecular complexity index is 825. The molecular weight excluding hydrogens is 288 g/mol. The molecule has 2 unspecified atom stereocenters. The van der Waals surface area contributed by atoms with E-state index in [4.69, 9.17) is 0 Å². The molecule has 1 spiro atoms. The van der Waals surface area contributed by atoms with Gasteiger partial charge in [0.15, 0.2) is 0 Å². The molecule has 24 heavy (non-hydrogen) atoms. The van der Waals surface area contributed by atoms with E-state index in [-0.39, 0.29) is 0 Å². The summed E-state index contributed by atoms with van der Waals surface area (Å²) >= 11 is 0. The highest BCUT2D eigenvalue weighted by molar-refractivity contribution is 5.87. The Balaban J connectivity index is 1.53. The van der Waals surface area contributed by atoms with Crippen molar-refractivity contribution in [3.05, 3.63) is 58.7 Å². The summed E-state index contributed by atoms with van der Waals surface area (Å²) in [6.45, 7) is 2.29. The number of aryl methyl sites for hydroxylation is 2. The first-order valence-electron chi connectivity index (χ1n) is 9.99. The van der Waals surface area contributed by atoms with Gasteiger partial charge >= 0.3 is 0 Å². The minimum Gasteiger partial charge on any atom is -0.0850 e. The van der Waals surface area contributed by atoms with Gasteiger partial charge in [0.2, 0.25) is 0 Å². The topological polar surface area (TPSA) is 0 Å². The van der Waals surface area contributed by atoms with Gasteiger partial charge in [0.25, 0.3) is 0 Å². The summed E-state index contributed by atoms with van der Waals surface area (Å²) < 4.78 is 0. The summed E-state index contributed by atoms with van der Waals surface area (Å²) in [6.07, 6.45) is 14.6. The Kier molecular flexibility index (Phi) is 3.37. The van der Waals surface area contributed by atoms with Crippen LogP contribution in [0.25, 0.3) is 10.8 Å². The minimum absolute atomic E-state index is 0.616. The summed E-state index contributed by atoms with van der Waals surface area (Å²) in [5.41, 5.74) is 7.25. The Morgan fingerprint density at radius 2 is 2.08 bits per heavy atom. The average molecular weight is 316 g/mol. The fraction of sp³-hybridized carbons (Fsp3) is 0.500. The van der Waals surface area contributed by atoms with Gasteiger partial charge in [-0.3, -0.25) is 0 Å². The lowest BCUT2D eigenvalue weighted by Crippen LogP contribution is -2.33. The number of benzene rings is 2. The molecule has 3 aliphatic carbocycles. The monoisotopic (exact) mass is 316 g/mol. The molecular formula is C24H28. The second kappa shape index (κ2) is 5.48. The molecule has 2 atom stereocenters. The molecule has 0 saturated heterocycles. The molecule has 0 heterocycles. The zero-order valence-corrected chi connectivity index (χ0v) is 14.9. The maximum Gasteiger partial charge on any atom is -0.0149 e. The first-order chi connectivity index (χ1) is 11.8. The fourth-order valence-corrected chi connectivity index (χ4v) is 5.81. The van der Waals surface area contributed by atoms with E-state index in [1.807, 2.05) is 0 Å². The third-order valence-electron chi connectivity index (χ3n) is 7.17. The molecule has 1 saturated carbocycles. The van der Waals surface area contributed by atoms with Crippen molar-refractivity contribution in [3.63, 3.8) is 0 Å². The number of fused-ring (bicyclic) bond motifs is 5. The van der Waals surface area contributed by atoms with Gasteiger partial charge in [-0.15, -0.1) is 0 Å². The van der Waals surface area contributed by atoms with Crippen molar-refractivity contribution >= 4 is 10.8 Å². The largest absolute Gasteiger partial charge is 0.0850 e. The SMILES string of the molecule is CCCCc1cccc2cc3c(cc12)CCC1(CC2=CCC1C2)C3. The zero-order chi connectivity index (χ0) is 16.1. The van der Waals surface area contributed by atoms with E-state index < -0.39 is 0 Å². The minimum atomic E-state index is 0.616. The van der Waals surface area contributed by atoms with Crippen LogP contribution in [-0.2, 0) is 19.3 Å². The normalized spacial score (nSPS) is 27.7. The number of hydrogen-bond acceptors (Lipinski definition) is 0. The molecule has 3 aliphatic rings. The average Bonchev–Trinajstić information content (AvgIpc) is 3.19. The van der Waals surface area contributed by atoms with Gasteiger partial charge in [-0.1, -0.05) is 55.3 Å². The van der Waals surface area contributed by atoms with Crippen LogP contribution in [0.15, 0.2) is 42.0 Å². The van der Waals surface area contributed by atoms with Crippen molar-refractivity contribution in [1.82, 2.24) is 0 Å². The predicted octanol–water partition coefficient (Wildman–Crippen LogP) is 6.40. The molecule has 2 aromatic rings. The summed E-state index contributed by atoms with van der Waals surface area (Å²) in [4.78, 5) is 0. The fourth-order valence-electron chi connectivity index (χ4n) is 5.81. The first-order valence-corrected chi connectivity index (χ1v) is 9.99. The van der Waals surface area contributed by atoms with E-state index in [0.717, 1.165) is 5.92 Å². The standard InChI is InChI=1S/C24H28/c1-2-3-5-18-6-4-7-20-13-21-16-24(11-10-19(21)14-23(18)20)15-17-8-9-22(24)12-17/h4,6-8,13-14,22H,2-3,5,9-12,15-16H2,1H3. The quantitative estimate of drug-likeness (QED) is 0.575. The number of unbranched alkanes of at least 4 members (excludes halogenated alkanes) is 1. The summed E-state index contributed by atoms with van der Waals surface area (Å²) in [5, 5.41) is 3.00. The van der Waals surface area contributed by atoms with Gasteiger partial charge < -0.3 is 0 Å². The van der Waals surface area contributed by atoms with Crippen LogP contribution in [-0.4, -0.2) is 0 Å². The lowest BCUT2D eigenvalue weighted by molar-refractivity contribution is 0.169. The van der Waals surface area contributed by atoms with Crippen LogP contribution in [0.2, 0.25) is 0 Å². The maximum absolute atomic E-state index is 2.55. The van der Waals surface area contributed by atoms with Crippen molar-refractivity contribution in [2.45, 2.75) is 64.7 Å². The number of hydrogen-bond donors (Lipinski definition) is 0. The third-order valence-corrected chi connectivity index (χ3v) is 7.17. The Morgan fingerprint density at radius 3 is 2.88 bits per heavy atom. The van der Waals surface area contributed by atoms with E-state index in [0.29, 0.717) is 5.41 Å². The second-order valence-corrected chi connectivity index (χ2v) is 8.58. The van der Waals surface area contributed by atoms with Gasteiger partial charge in [0.1, 0.15) is 0 Å². The van der Waals surface area contributed by atoms with Crippen molar-refractivity contribution in [3.8, 4) is 0 Å². The molecule has 124 valence electrons. The molecule has 0 aliphatic heterocycles. The van der Waals surface area contributed by atoms with E-state index in [9.17, 15) is 0 Å². The molecule has 1 fully saturated rings. The molecule has 2 bridgehead atoms. The van der Waals surface area contributed by atoms with Gasteiger partial charge in [-0.05, 0) is 90.2 Å². The lowest BCUT2D eigenvalue weighted by Gasteiger charge is -2.40. The van der Waals surface area contributed by atoms with E-state index in [2.05, 4.69) is 43.3 Å². The van der Waals surface area contributed by atoms with E-state index >= 15 is 0 Å². The van der Waals surface area contributed by atoms with Crippen LogP contribution in [0.1, 0.15) is 62.1 Å². The van der Waals surface area contributed by atoms with Crippen molar-refractivity contribution in [1.29, 1.82) is 0 Å². The molecule has 0 N–H and O–H groups in total. The second-order valence-electron chi connectivity index (χ2n) is 8.58. The predicted molar refractivity (Wildman–Crippen MR) is 102 cm³/mol. The highest BCUT2D eigenvalue weighted by Gasteiger charge is 2.48. The highest BCUT2D eigenvalue weighted by atomic mass is 14.5. The molecule has 5 rings (SSSR count). The van der Waals surface area contributed by atoms with E-state index in [1.54, 1.807) is 22.3 Å². The van der Waals surface area contributed by atoms with Crippen LogP contribution in [0.5, 0.6) is 0 Å².